The molecule has 0 aromatic carbocycles. The fraction of sp³-hybridized carbons (Fsp3) is 0.636. The number of rotatable bonds is 5. The van der Waals surface area contributed by atoms with Crippen LogP contribution in [-0.2, 0) is 18.3 Å². The number of nitrogens with zero attached hydrogens (tertiary/aromatic N) is 2. The zero-order valence-electron chi connectivity index (χ0n) is 10.2. The second-order valence-electron chi connectivity index (χ2n) is 3.90. The van der Waals surface area contributed by atoms with Crippen molar-refractivity contribution in [3.63, 3.8) is 0 Å². The van der Waals surface area contributed by atoms with Gasteiger partial charge in [-0.2, -0.15) is 5.10 Å². The number of carbonyl (C=O) groups excluding carboxylic acids is 1. The van der Waals surface area contributed by atoms with Crippen LogP contribution in [0.4, 0.5) is 5.69 Å². The van der Waals surface area contributed by atoms with Gasteiger partial charge in [0.05, 0.1) is 17.4 Å². The number of anilines is 1. The van der Waals surface area contributed by atoms with Crippen LogP contribution in [0.15, 0.2) is 6.20 Å². The van der Waals surface area contributed by atoms with Crippen LogP contribution < -0.4 is 11.1 Å². The Morgan fingerprint density at radius 1 is 1.62 bits per heavy atom. The molecule has 1 aromatic heterocycles. The summed E-state index contributed by atoms with van der Waals surface area (Å²) >= 11 is 0. The number of aromatic nitrogens is 2. The highest BCUT2D eigenvalue weighted by molar-refractivity contribution is 5.95. The first-order chi connectivity index (χ1) is 7.58. The lowest BCUT2D eigenvalue weighted by atomic mass is 10.1. The Labute approximate surface area is 96.0 Å². The van der Waals surface area contributed by atoms with Gasteiger partial charge in [0.15, 0.2) is 0 Å². The molecule has 5 nitrogen and oxygen atoms in total. The van der Waals surface area contributed by atoms with E-state index in [1.165, 1.54) is 0 Å². The number of nitrogens with one attached hydrogen (secondary N) is 1. The maximum Gasteiger partial charge on any atom is 0.241 e. The highest BCUT2D eigenvalue weighted by Gasteiger charge is 2.15. The highest BCUT2D eigenvalue weighted by Crippen LogP contribution is 2.14. The Morgan fingerprint density at radius 2 is 2.31 bits per heavy atom. The van der Waals surface area contributed by atoms with E-state index in [0.717, 1.165) is 24.2 Å². The van der Waals surface area contributed by atoms with Gasteiger partial charge in [0.1, 0.15) is 0 Å². The van der Waals surface area contributed by atoms with E-state index in [4.69, 9.17) is 5.73 Å². The Bertz CT molecular complexity index is 359. The Balaban J connectivity index is 2.68. The smallest absolute Gasteiger partial charge is 0.241 e. The van der Waals surface area contributed by atoms with Gasteiger partial charge in [-0.3, -0.25) is 9.48 Å². The van der Waals surface area contributed by atoms with Crippen LogP contribution in [0.5, 0.6) is 0 Å². The predicted molar refractivity (Wildman–Crippen MR) is 64.1 cm³/mol. The van der Waals surface area contributed by atoms with Crippen LogP contribution in [0.1, 0.15) is 32.4 Å². The Kier molecular flexibility index (Phi) is 4.49. The zero-order chi connectivity index (χ0) is 12.1. The van der Waals surface area contributed by atoms with Crippen molar-refractivity contribution >= 4 is 11.6 Å². The third-order valence-electron chi connectivity index (χ3n) is 2.43. The third-order valence-corrected chi connectivity index (χ3v) is 2.43. The highest BCUT2D eigenvalue weighted by atomic mass is 16.2. The molecule has 0 aliphatic carbocycles. The van der Waals surface area contributed by atoms with E-state index in [1.807, 2.05) is 20.9 Å². The molecule has 1 heterocycles. The number of hydrogen-bond donors (Lipinski definition) is 2. The first kappa shape index (κ1) is 12.7. The molecule has 90 valence electrons. The summed E-state index contributed by atoms with van der Waals surface area (Å²) in [7, 11) is 1.83. The van der Waals surface area contributed by atoms with Crippen molar-refractivity contribution in [1.82, 2.24) is 9.78 Å². The van der Waals surface area contributed by atoms with E-state index >= 15 is 0 Å². The molecular formula is C11H20N4O. The minimum atomic E-state index is -0.435. The molecule has 0 saturated heterocycles. The summed E-state index contributed by atoms with van der Waals surface area (Å²) < 4.78 is 1.69. The lowest BCUT2D eigenvalue weighted by Gasteiger charge is -2.10. The van der Waals surface area contributed by atoms with Gasteiger partial charge in [-0.05, 0) is 12.8 Å². The number of aryl methyl sites for hydroxylation is 2. The summed E-state index contributed by atoms with van der Waals surface area (Å²) in [4.78, 5) is 11.7. The van der Waals surface area contributed by atoms with Crippen molar-refractivity contribution in [1.29, 1.82) is 0 Å². The van der Waals surface area contributed by atoms with Crippen molar-refractivity contribution in [3.8, 4) is 0 Å². The average Bonchev–Trinajstić information content (AvgIpc) is 2.59. The van der Waals surface area contributed by atoms with Crippen LogP contribution >= 0.6 is 0 Å². The summed E-state index contributed by atoms with van der Waals surface area (Å²) in [5.41, 5.74) is 7.39. The summed E-state index contributed by atoms with van der Waals surface area (Å²) in [6.07, 6.45) is 4.20. The average molecular weight is 224 g/mol. The maximum absolute atomic E-state index is 11.7. The molecule has 16 heavy (non-hydrogen) atoms. The molecule has 0 radical (unpaired) electrons. The van der Waals surface area contributed by atoms with Crippen molar-refractivity contribution < 1.29 is 4.79 Å². The lowest BCUT2D eigenvalue weighted by molar-refractivity contribution is -0.117. The molecule has 0 aliphatic heterocycles. The van der Waals surface area contributed by atoms with Crippen LogP contribution in [0.3, 0.4) is 0 Å². The molecule has 5 heteroatoms. The van der Waals surface area contributed by atoms with Gasteiger partial charge in [0, 0.05) is 13.2 Å². The van der Waals surface area contributed by atoms with E-state index in [9.17, 15) is 4.79 Å². The molecule has 3 N–H and O–H groups in total. The number of amides is 1. The van der Waals surface area contributed by atoms with Gasteiger partial charge >= 0.3 is 0 Å². The fourth-order valence-corrected chi connectivity index (χ4v) is 1.57. The summed E-state index contributed by atoms with van der Waals surface area (Å²) in [5.74, 6) is -0.135. The summed E-state index contributed by atoms with van der Waals surface area (Å²) in [6, 6.07) is -0.435. The van der Waals surface area contributed by atoms with Crippen molar-refractivity contribution in [2.24, 2.45) is 12.8 Å². The van der Waals surface area contributed by atoms with Gasteiger partial charge in [-0.1, -0.05) is 20.3 Å². The third kappa shape index (κ3) is 3.06. The molecule has 0 saturated carbocycles. The van der Waals surface area contributed by atoms with Gasteiger partial charge in [-0.15, -0.1) is 0 Å². The standard InChI is InChI=1S/C11H20N4O/c1-4-6-8(12)11(16)13-10-7-15(3)14-9(10)5-2/h7-8H,4-6,12H2,1-3H3,(H,13,16)/t8-/m1/s1. The minimum absolute atomic E-state index is 0.135. The molecule has 0 bridgehead atoms. The topological polar surface area (TPSA) is 72.9 Å². The summed E-state index contributed by atoms with van der Waals surface area (Å²) in [6.45, 7) is 4.01. The van der Waals surface area contributed by atoms with Gasteiger partial charge in [-0.25, -0.2) is 0 Å². The van der Waals surface area contributed by atoms with Gasteiger partial charge in [0.25, 0.3) is 0 Å². The quantitative estimate of drug-likeness (QED) is 0.785. The van der Waals surface area contributed by atoms with E-state index < -0.39 is 6.04 Å². The molecule has 0 aliphatic rings. The predicted octanol–water partition coefficient (Wildman–Crippen LogP) is 1.05. The van der Waals surface area contributed by atoms with Crippen LogP contribution in [-0.4, -0.2) is 21.7 Å². The largest absolute Gasteiger partial charge is 0.322 e. The van der Waals surface area contributed by atoms with Gasteiger partial charge < -0.3 is 11.1 Å². The first-order valence-electron chi connectivity index (χ1n) is 5.67. The van der Waals surface area contributed by atoms with Crippen molar-refractivity contribution in [2.75, 3.05) is 5.32 Å². The zero-order valence-corrected chi connectivity index (χ0v) is 10.2. The van der Waals surface area contributed by atoms with E-state index in [-0.39, 0.29) is 5.91 Å². The monoisotopic (exact) mass is 224 g/mol. The van der Waals surface area contributed by atoms with Crippen LogP contribution in [0.2, 0.25) is 0 Å². The molecular weight excluding hydrogens is 204 g/mol. The maximum atomic E-state index is 11.7. The Hall–Kier alpha value is -1.36. The second-order valence-corrected chi connectivity index (χ2v) is 3.90. The van der Waals surface area contributed by atoms with Crippen LogP contribution in [0, 0.1) is 0 Å². The number of nitrogens with two attached hydrogens (primary N) is 1. The van der Waals surface area contributed by atoms with Gasteiger partial charge in [0.2, 0.25) is 5.91 Å². The van der Waals surface area contributed by atoms with Crippen molar-refractivity contribution in [2.45, 2.75) is 39.2 Å². The molecule has 0 unspecified atom stereocenters. The van der Waals surface area contributed by atoms with Crippen molar-refractivity contribution in [3.05, 3.63) is 11.9 Å². The molecule has 0 spiro atoms. The fourth-order valence-electron chi connectivity index (χ4n) is 1.57. The van der Waals surface area contributed by atoms with Crippen LogP contribution in [0.25, 0.3) is 0 Å². The van der Waals surface area contributed by atoms with E-state index in [0.29, 0.717) is 6.42 Å². The number of carbonyl (C=O) groups is 1. The second kappa shape index (κ2) is 5.65. The molecule has 1 rings (SSSR count). The first-order valence-corrected chi connectivity index (χ1v) is 5.67. The SMILES string of the molecule is CCC[C@@H](N)C(=O)Nc1cn(C)nc1CC. The van der Waals surface area contributed by atoms with E-state index in [2.05, 4.69) is 10.4 Å². The number of hydrogen-bond acceptors (Lipinski definition) is 3. The van der Waals surface area contributed by atoms with E-state index in [1.54, 1.807) is 10.9 Å². The summed E-state index contributed by atoms with van der Waals surface area (Å²) in [5, 5.41) is 7.07. The molecule has 1 aromatic rings. The Morgan fingerprint density at radius 3 is 2.88 bits per heavy atom. The molecule has 1 atom stereocenters. The minimum Gasteiger partial charge on any atom is -0.322 e. The lowest BCUT2D eigenvalue weighted by Crippen LogP contribution is -2.35. The molecule has 0 fully saturated rings. The normalized spacial score (nSPS) is 12.5. The molecule has 1 amide bonds.